The highest BCUT2D eigenvalue weighted by Gasteiger charge is 2.22. The Morgan fingerprint density at radius 2 is 1.12 bits per heavy atom. The van der Waals surface area contributed by atoms with Crippen LogP contribution in [0.4, 0.5) is 0 Å². The molecular formula is C24H24Cl2O6. The molecule has 0 radical (unpaired) electrons. The SMILES string of the molecule is CCCOC(=O)COc1c2cccc(Cl)c2c(OCC(=O)OCCC)c2cccc(Cl)c12. The van der Waals surface area contributed by atoms with Crippen molar-refractivity contribution in [3.8, 4) is 11.5 Å². The molecule has 8 heteroatoms. The number of carbonyl (C=O) groups excluding carboxylic acids is 2. The fourth-order valence-corrected chi connectivity index (χ4v) is 3.76. The van der Waals surface area contributed by atoms with Crippen LogP contribution in [0.15, 0.2) is 36.4 Å². The second-order valence-electron chi connectivity index (χ2n) is 7.00. The number of hydrogen-bond donors (Lipinski definition) is 0. The normalized spacial score (nSPS) is 10.9. The molecule has 0 unspecified atom stereocenters. The van der Waals surface area contributed by atoms with Gasteiger partial charge in [-0.2, -0.15) is 0 Å². The summed E-state index contributed by atoms with van der Waals surface area (Å²) in [7, 11) is 0. The van der Waals surface area contributed by atoms with Crippen molar-refractivity contribution in [3.05, 3.63) is 46.4 Å². The van der Waals surface area contributed by atoms with Gasteiger partial charge in [0.05, 0.1) is 23.3 Å². The molecule has 32 heavy (non-hydrogen) atoms. The van der Waals surface area contributed by atoms with Gasteiger partial charge in [-0.05, 0) is 25.0 Å². The highest BCUT2D eigenvalue weighted by Crippen LogP contribution is 2.47. The average molecular weight is 479 g/mol. The van der Waals surface area contributed by atoms with E-state index in [1.165, 1.54) is 0 Å². The third kappa shape index (κ3) is 5.37. The van der Waals surface area contributed by atoms with E-state index >= 15 is 0 Å². The van der Waals surface area contributed by atoms with Gasteiger partial charge >= 0.3 is 11.9 Å². The lowest BCUT2D eigenvalue weighted by Crippen LogP contribution is -2.16. The van der Waals surface area contributed by atoms with Gasteiger partial charge in [-0.15, -0.1) is 0 Å². The van der Waals surface area contributed by atoms with Gasteiger partial charge in [0, 0.05) is 21.5 Å². The molecular weight excluding hydrogens is 455 g/mol. The zero-order valence-electron chi connectivity index (χ0n) is 17.9. The molecule has 0 aliphatic heterocycles. The molecule has 0 aromatic heterocycles. The maximum atomic E-state index is 12.0. The Labute approximate surface area is 196 Å². The van der Waals surface area contributed by atoms with Gasteiger partial charge in [0.1, 0.15) is 11.5 Å². The first kappa shape index (κ1) is 24.0. The summed E-state index contributed by atoms with van der Waals surface area (Å²) in [5, 5.41) is 3.09. The molecule has 3 aromatic carbocycles. The Kier molecular flexibility index (Phi) is 8.42. The maximum absolute atomic E-state index is 12.0. The Morgan fingerprint density at radius 1 is 0.719 bits per heavy atom. The molecule has 0 aliphatic carbocycles. The second-order valence-corrected chi connectivity index (χ2v) is 7.82. The van der Waals surface area contributed by atoms with E-state index in [0.717, 1.165) is 0 Å². The highest BCUT2D eigenvalue weighted by molar-refractivity contribution is 6.40. The van der Waals surface area contributed by atoms with Crippen LogP contribution in [0.1, 0.15) is 26.7 Å². The summed E-state index contributed by atoms with van der Waals surface area (Å²) in [6.45, 7) is 3.88. The first-order valence-electron chi connectivity index (χ1n) is 10.4. The van der Waals surface area contributed by atoms with Crippen molar-refractivity contribution in [2.45, 2.75) is 26.7 Å². The quantitative estimate of drug-likeness (QED) is 0.264. The van der Waals surface area contributed by atoms with Crippen LogP contribution < -0.4 is 9.47 Å². The van der Waals surface area contributed by atoms with Crippen LogP contribution >= 0.6 is 23.2 Å². The zero-order chi connectivity index (χ0) is 23.1. The summed E-state index contributed by atoms with van der Waals surface area (Å²) < 4.78 is 22.0. The minimum Gasteiger partial charge on any atom is -0.481 e. The number of ether oxygens (including phenoxy) is 4. The predicted octanol–water partition coefficient (Wildman–Crippen LogP) is 5.96. The Morgan fingerprint density at radius 3 is 1.50 bits per heavy atom. The fraction of sp³-hybridized carbons (Fsp3) is 0.333. The van der Waals surface area contributed by atoms with Crippen molar-refractivity contribution in [2.24, 2.45) is 0 Å². The molecule has 6 nitrogen and oxygen atoms in total. The number of esters is 2. The number of carbonyl (C=O) groups is 2. The summed E-state index contributed by atoms with van der Waals surface area (Å²) >= 11 is 13.1. The summed E-state index contributed by atoms with van der Waals surface area (Å²) in [5.74, 6) is -0.197. The van der Waals surface area contributed by atoms with E-state index in [-0.39, 0.29) is 13.2 Å². The van der Waals surface area contributed by atoms with Gasteiger partial charge in [-0.1, -0.05) is 61.3 Å². The van der Waals surface area contributed by atoms with Crippen LogP contribution in [0.2, 0.25) is 10.0 Å². The van der Waals surface area contributed by atoms with E-state index in [2.05, 4.69) is 0 Å². The van der Waals surface area contributed by atoms with Gasteiger partial charge < -0.3 is 18.9 Å². The largest absolute Gasteiger partial charge is 0.481 e. The lowest BCUT2D eigenvalue weighted by atomic mass is 10.0. The Balaban J connectivity index is 2.10. The molecule has 3 rings (SSSR count). The number of hydrogen-bond acceptors (Lipinski definition) is 6. The number of fused-ring (bicyclic) bond motifs is 2. The molecule has 0 aliphatic rings. The van der Waals surface area contributed by atoms with Crippen molar-refractivity contribution in [2.75, 3.05) is 26.4 Å². The monoisotopic (exact) mass is 478 g/mol. The lowest BCUT2D eigenvalue weighted by Gasteiger charge is -2.19. The number of rotatable bonds is 10. The third-order valence-electron chi connectivity index (χ3n) is 4.57. The van der Waals surface area contributed by atoms with Crippen LogP contribution in [0.3, 0.4) is 0 Å². The van der Waals surface area contributed by atoms with Crippen molar-refractivity contribution < 1.29 is 28.5 Å². The molecule has 0 bridgehead atoms. The average Bonchev–Trinajstić information content (AvgIpc) is 2.78. The first-order valence-corrected chi connectivity index (χ1v) is 11.1. The zero-order valence-corrected chi connectivity index (χ0v) is 19.4. The third-order valence-corrected chi connectivity index (χ3v) is 5.20. The number of halogens is 2. The van der Waals surface area contributed by atoms with Gasteiger partial charge in [0.15, 0.2) is 13.2 Å². The van der Waals surface area contributed by atoms with Crippen molar-refractivity contribution >= 4 is 56.7 Å². The van der Waals surface area contributed by atoms with Crippen LogP contribution in [-0.4, -0.2) is 38.4 Å². The minimum absolute atomic E-state index is 0.286. The molecule has 0 N–H and O–H groups in total. The van der Waals surface area contributed by atoms with E-state index < -0.39 is 11.9 Å². The molecule has 3 aromatic rings. The van der Waals surface area contributed by atoms with E-state index in [4.69, 9.17) is 42.1 Å². The predicted molar refractivity (Wildman–Crippen MR) is 125 cm³/mol. The summed E-state index contributed by atoms with van der Waals surface area (Å²) in [6.07, 6.45) is 1.43. The maximum Gasteiger partial charge on any atom is 0.344 e. The van der Waals surface area contributed by atoms with Gasteiger partial charge in [-0.3, -0.25) is 0 Å². The Hall–Kier alpha value is -2.70. The van der Waals surface area contributed by atoms with Crippen LogP contribution in [0.5, 0.6) is 11.5 Å². The molecule has 0 amide bonds. The standard InChI is InChI=1S/C24H24Cl2O6/c1-3-11-29-19(27)13-31-23-15-7-5-10-18(26)22(15)24(32-14-20(28)30-12-4-2)16-8-6-9-17(25)21(16)23/h5-10H,3-4,11-14H2,1-2H3. The van der Waals surface area contributed by atoms with E-state index in [1.807, 2.05) is 13.8 Å². The molecule has 0 fully saturated rings. The molecule has 0 atom stereocenters. The van der Waals surface area contributed by atoms with Gasteiger partial charge in [-0.25, -0.2) is 9.59 Å². The first-order chi connectivity index (χ1) is 15.5. The summed E-state index contributed by atoms with van der Waals surface area (Å²) in [5.41, 5.74) is 0. The molecule has 0 saturated heterocycles. The van der Waals surface area contributed by atoms with E-state index in [1.54, 1.807) is 36.4 Å². The van der Waals surface area contributed by atoms with Crippen LogP contribution in [-0.2, 0) is 19.1 Å². The summed E-state index contributed by atoms with van der Waals surface area (Å²) in [4.78, 5) is 24.1. The summed E-state index contributed by atoms with van der Waals surface area (Å²) in [6, 6.07) is 10.5. The minimum atomic E-state index is -0.485. The van der Waals surface area contributed by atoms with Crippen molar-refractivity contribution in [1.29, 1.82) is 0 Å². The van der Waals surface area contributed by atoms with Crippen LogP contribution in [0, 0.1) is 0 Å². The topological polar surface area (TPSA) is 71.1 Å². The van der Waals surface area contributed by atoms with Crippen molar-refractivity contribution in [1.82, 2.24) is 0 Å². The highest BCUT2D eigenvalue weighted by atomic mass is 35.5. The van der Waals surface area contributed by atoms with Gasteiger partial charge in [0.2, 0.25) is 0 Å². The molecule has 170 valence electrons. The van der Waals surface area contributed by atoms with E-state index in [0.29, 0.717) is 69.1 Å². The molecule has 0 heterocycles. The number of benzene rings is 3. The Bertz CT molecular complexity index is 1040. The second kappa shape index (κ2) is 11.2. The van der Waals surface area contributed by atoms with Crippen LogP contribution in [0.25, 0.3) is 21.5 Å². The molecule has 0 saturated carbocycles. The molecule has 0 spiro atoms. The van der Waals surface area contributed by atoms with E-state index in [9.17, 15) is 9.59 Å². The lowest BCUT2D eigenvalue weighted by molar-refractivity contribution is -0.146. The fourth-order valence-electron chi connectivity index (χ4n) is 3.23. The van der Waals surface area contributed by atoms with Crippen molar-refractivity contribution in [3.63, 3.8) is 0 Å². The smallest absolute Gasteiger partial charge is 0.344 e. The van der Waals surface area contributed by atoms with Gasteiger partial charge in [0.25, 0.3) is 0 Å².